The van der Waals surface area contributed by atoms with Gasteiger partial charge in [-0.15, -0.1) is 0 Å². The first-order valence-corrected chi connectivity index (χ1v) is 9.66. The Morgan fingerprint density at radius 3 is 2.54 bits per heavy atom. The molecule has 2 aromatic rings. The van der Waals surface area contributed by atoms with Crippen LogP contribution >= 0.6 is 0 Å². The van der Waals surface area contributed by atoms with Crippen LogP contribution in [0.2, 0.25) is 0 Å². The number of nitrogens with zero attached hydrogens (tertiary/aromatic N) is 2. The number of imide groups is 1. The van der Waals surface area contributed by atoms with Crippen molar-refractivity contribution in [1.29, 1.82) is 0 Å². The molecule has 6 nitrogen and oxygen atoms in total. The van der Waals surface area contributed by atoms with Crippen LogP contribution < -0.4 is 5.32 Å². The number of fused-ring (bicyclic) bond motifs is 3. The Morgan fingerprint density at radius 2 is 1.79 bits per heavy atom. The summed E-state index contributed by atoms with van der Waals surface area (Å²) in [7, 11) is 0. The summed E-state index contributed by atoms with van der Waals surface area (Å²) in [6.45, 7) is 4.29. The number of amides is 4. The van der Waals surface area contributed by atoms with Gasteiger partial charge >= 0.3 is 6.03 Å². The second kappa shape index (κ2) is 7.11. The average molecular weight is 377 g/mol. The molecule has 144 valence electrons. The van der Waals surface area contributed by atoms with Crippen molar-refractivity contribution in [1.82, 2.24) is 9.80 Å². The molecule has 4 amide bonds. The lowest BCUT2D eigenvalue weighted by Gasteiger charge is -2.19. The zero-order valence-corrected chi connectivity index (χ0v) is 16.1. The number of hydrogen-bond acceptors (Lipinski definition) is 3. The Balaban J connectivity index is 1.47. The normalized spacial score (nSPS) is 17.7. The van der Waals surface area contributed by atoms with Gasteiger partial charge in [-0.25, -0.2) is 4.79 Å². The molecule has 1 atom stereocenters. The van der Waals surface area contributed by atoms with Crippen molar-refractivity contribution < 1.29 is 14.4 Å². The molecule has 0 radical (unpaired) electrons. The van der Waals surface area contributed by atoms with E-state index in [2.05, 4.69) is 17.4 Å². The van der Waals surface area contributed by atoms with Crippen molar-refractivity contribution in [2.75, 3.05) is 18.4 Å². The van der Waals surface area contributed by atoms with Gasteiger partial charge in [-0.1, -0.05) is 30.3 Å². The molecule has 0 spiro atoms. The highest BCUT2D eigenvalue weighted by molar-refractivity contribution is 6.07. The highest BCUT2D eigenvalue weighted by Crippen LogP contribution is 2.37. The van der Waals surface area contributed by atoms with E-state index in [0.29, 0.717) is 18.8 Å². The quantitative estimate of drug-likeness (QED) is 0.694. The summed E-state index contributed by atoms with van der Waals surface area (Å²) < 4.78 is 0. The standard InChI is InChI=1S/C22H23N3O3/c1-3-24-19(21(27)25(4-2)22(24)28)13-20(26)23-16-9-10-18-15(12-16)11-14-7-5-6-8-17(14)18/h5-10,12,19H,3-4,11,13H2,1-2H3,(H,23,26)/t19-/m1/s1. The highest BCUT2D eigenvalue weighted by atomic mass is 16.2. The largest absolute Gasteiger partial charge is 0.327 e. The second-order valence-electron chi connectivity index (χ2n) is 7.13. The predicted octanol–water partition coefficient (Wildman–Crippen LogP) is 3.26. The number of carbonyl (C=O) groups excluding carboxylic acids is 3. The van der Waals surface area contributed by atoms with Crippen LogP contribution in [0.15, 0.2) is 42.5 Å². The molecule has 0 saturated carbocycles. The van der Waals surface area contributed by atoms with E-state index in [9.17, 15) is 14.4 Å². The zero-order chi connectivity index (χ0) is 19.8. The first-order chi connectivity index (χ1) is 13.5. The van der Waals surface area contributed by atoms with Crippen molar-refractivity contribution in [3.63, 3.8) is 0 Å². The van der Waals surface area contributed by atoms with Crippen LogP contribution in [0.25, 0.3) is 11.1 Å². The fourth-order valence-electron chi connectivity index (χ4n) is 4.15. The molecule has 1 N–H and O–H groups in total. The van der Waals surface area contributed by atoms with Gasteiger partial charge in [0.05, 0.1) is 6.42 Å². The Labute approximate surface area is 164 Å². The lowest BCUT2D eigenvalue weighted by molar-refractivity contribution is -0.130. The van der Waals surface area contributed by atoms with E-state index in [1.807, 2.05) is 37.3 Å². The van der Waals surface area contributed by atoms with E-state index in [1.165, 1.54) is 32.1 Å². The van der Waals surface area contributed by atoms with Crippen LogP contribution in [0.1, 0.15) is 31.4 Å². The van der Waals surface area contributed by atoms with Gasteiger partial charge in [0.25, 0.3) is 5.91 Å². The topological polar surface area (TPSA) is 69.7 Å². The van der Waals surface area contributed by atoms with Crippen LogP contribution in [-0.4, -0.2) is 46.8 Å². The van der Waals surface area contributed by atoms with E-state index in [1.54, 1.807) is 6.92 Å². The number of likely N-dealkylation sites (N-methyl/N-ethyl adjacent to an activating group) is 2. The van der Waals surface area contributed by atoms with Gasteiger partial charge in [-0.2, -0.15) is 0 Å². The summed E-state index contributed by atoms with van der Waals surface area (Å²) in [4.78, 5) is 40.0. The maximum atomic E-state index is 12.6. The van der Waals surface area contributed by atoms with E-state index < -0.39 is 6.04 Å². The lowest BCUT2D eigenvalue weighted by Crippen LogP contribution is -2.37. The van der Waals surface area contributed by atoms with Gasteiger partial charge in [0.2, 0.25) is 5.91 Å². The van der Waals surface area contributed by atoms with Crippen LogP contribution in [0.5, 0.6) is 0 Å². The third kappa shape index (κ3) is 2.95. The number of nitrogens with one attached hydrogen (secondary N) is 1. The number of rotatable bonds is 5. The fourth-order valence-corrected chi connectivity index (χ4v) is 4.15. The number of benzene rings is 2. The molecule has 0 bridgehead atoms. The molecule has 4 rings (SSSR count). The molecule has 1 aliphatic heterocycles. The molecule has 1 fully saturated rings. The zero-order valence-electron chi connectivity index (χ0n) is 16.1. The summed E-state index contributed by atoms with van der Waals surface area (Å²) in [5.41, 5.74) is 5.61. The highest BCUT2D eigenvalue weighted by Gasteiger charge is 2.44. The number of hydrogen-bond donors (Lipinski definition) is 1. The van der Waals surface area contributed by atoms with Gasteiger partial charge in [-0.05, 0) is 54.7 Å². The van der Waals surface area contributed by atoms with Crippen LogP contribution in [0, 0.1) is 0 Å². The van der Waals surface area contributed by atoms with Crippen molar-refractivity contribution in [2.24, 2.45) is 0 Å². The van der Waals surface area contributed by atoms with E-state index in [0.717, 1.165) is 6.42 Å². The molecule has 1 saturated heterocycles. The van der Waals surface area contributed by atoms with Crippen molar-refractivity contribution in [3.8, 4) is 11.1 Å². The molecule has 6 heteroatoms. The first kappa shape index (κ1) is 18.2. The van der Waals surface area contributed by atoms with Gasteiger partial charge in [0.15, 0.2) is 0 Å². The monoisotopic (exact) mass is 377 g/mol. The SMILES string of the molecule is CCN1C(=O)[C@@H](CC(=O)Nc2ccc3c(c2)Cc2ccccc2-3)N(CC)C1=O. The molecular formula is C22H23N3O3. The summed E-state index contributed by atoms with van der Waals surface area (Å²) in [6.07, 6.45) is 0.812. The Hall–Kier alpha value is -3.15. The maximum absolute atomic E-state index is 12.6. The Morgan fingerprint density at radius 1 is 1.04 bits per heavy atom. The molecule has 1 aliphatic carbocycles. The Kier molecular flexibility index (Phi) is 4.63. The minimum atomic E-state index is -0.726. The third-order valence-electron chi connectivity index (χ3n) is 5.52. The third-order valence-corrected chi connectivity index (χ3v) is 5.52. The fraction of sp³-hybridized carbons (Fsp3) is 0.318. The van der Waals surface area contributed by atoms with Gasteiger partial charge in [0, 0.05) is 18.8 Å². The number of anilines is 1. The van der Waals surface area contributed by atoms with Gasteiger partial charge in [0.1, 0.15) is 6.04 Å². The minimum Gasteiger partial charge on any atom is -0.326 e. The molecule has 0 aromatic heterocycles. The van der Waals surface area contributed by atoms with Crippen LogP contribution in [-0.2, 0) is 16.0 Å². The van der Waals surface area contributed by atoms with E-state index >= 15 is 0 Å². The smallest absolute Gasteiger partial charge is 0.326 e. The van der Waals surface area contributed by atoms with E-state index in [4.69, 9.17) is 0 Å². The van der Waals surface area contributed by atoms with Gasteiger partial charge < -0.3 is 10.2 Å². The number of urea groups is 1. The molecular weight excluding hydrogens is 354 g/mol. The maximum Gasteiger partial charge on any atom is 0.327 e. The molecule has 28 heavy (non-hydrogen) atoms. The average Bonchev–Trinajstić information content (AvgIpc) is 3.15. The summed E-state index contributed by atoms with van der Waals surface area (Å²) >= 11 is 0. The predicted molar refractivity (Wildman–Crippen MR) is 107 cm³/mol. The molecule has 2 aliphatic rings. The van der Waals surface area contributed by atoms with E-state index in [-0.39, 0.29) is 24.3 Å². The molecule has 1 heterocycles. The summed E-state index contributed by atoms with van der Waals surface area (Å²) in [5, 5.41) is 2.89. The van der Waals surface area contributed by atoms with Crippen LogP contribution in [0.4, 0.5) is 10.5 Å². The summed E-state index contributed by atoms with van der Waals surface area (Å²) in [5.74, 6) is -0.563. The minimum absolute atomic E-state index is 0.0355. The van der Waals surface area contributed by atoms with Gasteiger partial charge in [-0.3, -0.25) is 14.5 Å². The molecule has 0 unspecified atom stereocenters. The van der Waals surface area contributed by atoms with Crippen molar-refractivity contribution in [2.45, 2.75) is 32.7 Å². The first-order valence-electron chi connectivity index (χ1n) is 9.66. The van der Waals surface area contributed by atoms with Crippen molar-refractivity contribution >= 4 is 23.5 Å². The van der Waals surface area contributed by atoms with Crippen LogP contribution in [0.3, 0.4) is 0 Å². The lowest BCUT2D eigenvalue weighted by atomic mass is 10.1. The molecule has 2 aromatic carbocycles. The summed E-state index contributed by atoms with van der Waals surface area (Å²) in [6, 6.07) is 13.2. The number of carbonyl (C=O) groups is 3. The van der Waals surface area contributed by atoms with Crippen molar-refractivity contribution in [3.05, 3.63) is 53.6 Å². The Bertz CT molecular complexity index is 969. The second-order valence-corrected chi connectivity index (χ2v) is 7.13.